The molecule has 0 heterocycles. The number of rotatable bonds is 1. The Kier molecular flexibility index (Phi) is 2.28. The van der Waals surface area contributed by atoms with E-state index < -0.39 is 5.82 Å². The normalized spacial score (nSPS) is 9.50. The molecule has 0 radical (unpaired) electrons. The van der Waals surface area contributed by atoms with E-state index in [1.807, 2.05) is 0 Å². The first-order valence-electron chi connectivity index (χ1n) is 3.42. The number of nitrogens with one attached hydrogen (secondary N) is 1. The average Bonchev–Trinajstić information content (AvgIpc) is 1.94. The lowest BCUT2D eigenvalue weighted by atomic mass is 10.2. The molecule has 0 saturated heterocycles. The van der Waals surface area contributed by atoms with Gasteiger partial charge in [-0.1, -0.05) is 0 Å². The minimum absolute atomic E-state index is 0.227. The van der Waals surface area contributed by atoms with Gasteiger partial charge in [-0.05, 0) is 18.2 Å². The smallest absolute Gasteiger partial charge is 0.221 e. The van der Waals surface area contributed by atoms with Crippen molar-refractivity contribution in [2.24, 2.45) is 0 Å². The standard InChI is InChI=1S/C8H9FN2O/c1-5(12)11-8-3-2-6(9)4-7(8)10/h2-4H,10H2,1H3,(H,11,12). The summed E-state index contributed by atoms with van der Waals surface area (Å²) in [5.74, 6) is -0.644. The summed E-state index contributed by atoms with van der Waals surface area (Å²) in [5, 5.41) is 2.47. The Bertz CT molecular complexity index is 312. The predicted octanol–water partition coefficient (Wildman–Crippen LogP) is 1.37. The zero-order valence-electron chi connectivity index (χ0n) is 6.60. The fourth-order valence-corrected chi connectivity index (χ4v) is 0.837. The monoisotopic (exact) mass is 168 g/mol. The molecule has 0 saturated carbocycles. The molecule has 0 bridgehead atoms. The number of anilines is 2. The van der Waals surface area contributed by atoms with Gasteiger partial charge in [-0.15, -0.1) is 0 Å². The van der Waals surface area contributed by atoms with E-state index in [-0.39, 0.29) is 11.6 Å². The van der Waals surface area contributed by atoms with Gasteiger partial charge in [0.15, 0.2) is 0 Å². The molecular formula is C8H9FN2O. The summed E-state index contributed by atoms with van der Waals surface area (Å²) in [7, 11) is 0. The van der Waals surface area contributed by atoms with Crippen molar-refractivity contribution in [3.8, 4) is 0 Å². The van der Waals surface area contributed by atoms with Crippen LogP contribution in [0.15, 0.2) is 18.2 Å². The van der Waals surface area contributed by atoms with Gasteiger partial charge < -0.3 is 11.1 Å². The second-order valence-corrected chi connectivity index (χ2v) is 2.41. The lowest BCUT2D eigenvalue weighted by molar-refractivity contribution is -0.114. The molecule has 0 unspecified atom stereocenters. The zero-order chi connectivity index (χ0) is 9.14. The molecule has 0 fully saturated rings. The van der Waals surface area contributed by atoms with E-state index in [0.717, 1.165) is 6.07 Å². The highest BCUT2D eigenvalue weighted by Gasteiger charge is 2.00. The predicted molar refractivity (Wildman–Crippen MR) is 45.1 cm³/mol. The zero-order valence-corrected chi connectivity index (χ0v) is 6.60. The van der Waals surface area contributed by atoms with Crippen LogP contribution in [-0.4, -0.2) is 5.91 Å². The Morgan fingerprint density at radius 2 is 2.25 bits per heavy atom. The van der Waals surface area contributed by atoms with E-state index in [1.165, 1.54) is 19.1 Å². The van der Waals surface area contributed by atoms with Crippen molar-refractivity contribution in [1.82, 2.24) is 0 Å². The molecule has 0 spiro atoms. The topological polar surface area (TPSA) is 55.1 Å². The summed E-state index contributed by atoms with van der Waals surface area (Å²) in [5.41, 5.74) is 6.08. The van der Waals surface area contributed by atoms with Gasteiger partial charge in [-0.25, -0.2) is 4.39 Å². The Morgan fingerprint density at radius 1 is 1.58 bits per heavy atom. The van der Waals surface area contributed by atoms with Crippen molar-refractivity contribution < 1.29 is 9.18 Å². The van der Waals surface area contributed by atoms with Crippen molar-refractivity contribution in [2.75, 3.05) is 11.1 Å². The van der Waals surface area contributed by atoms with Crippen molar-refractivity contribution in [3.63, 3.8) is 0 Å². The van der Waals surface area contributed by atoms with Gasteiger partial charge >= 0.3 is 0 Å². The molecule has 0 aliphatic heterocycles. The maximum Gasteiger partial charge on any atom is 0.221 e. The summed E-state index contributed by atoms with van der Waals surface area (Å²) < 4.78 is 12.5. The van der Waals surface area contributed by atoms with E-state index >= 15 is 0 Å². The van der Waals surface area contributed by atoms with Crippen LogP contribution in [0.25, 0.3) is 0 Å². The molecule has 1 amide bonds. The molecule has 12 heavy (non-hydrogen) atoms. The van der Waals surface area contributed by atoms with Crippen LogP contribution in [0.3, 0.4) is 0 Å². The number of carbonyl (C=O) groups is 1. The Hall–Kier alpha value is -1.58. The minimum atomic E-state index is -0.415. The van der Waals surface area contributed by atoms with Gasteiger partial charge in [0.1, 0.15) is 5.82 Å². The van der Waals surface area contributed by atoms with Crippen LogP contribution < -0.4 is 11.1 Å². The Labute approximate surface area is 69.4 Å². The summed E-state index contributed by atoms with van der Waals surface area (Å²) in [4.78, 5) is 10.6. The van der Waals surface area contributed by atoms with E-state index in [9.17, 15) is 9.18 Å². The maximum absolute atomic E-state index is 12.5. The second-order valence-electron chi connectivity index (χ2n) is 2.41. The fourth-order valence-electron chi connectivity index (χ4n) is 0.837. The van der Waals surface area contributed by atoms with Crippen molar-refractivity contribution in [3.05, 3.63) is 24.0 Å². The molecule has 1 aromatic rings. The first kappa shape index (κ1) is 8.52. The van der Waals surface area contributed by atoms with Crippen LogP contribution in [0.5, 0.6) is 0 Å². The Balaban J connectivity index is 2.93. The highest BCUT2D eigenvalue weighted by molar-refractivity contribution is 5.92. The van der Waals surface area contributed by atoms with Gasteiger partial charge in [-0.3, -0.25) is 4.79 Å². The van der Waals surface area contributed by atoms with Gasteiger partial charge in [-0.2, -0.15) is 0 Å². The van der Waals surface area contributed by atoms with E-state index in [2.05, 4.69) is 5.32 Å². The first-order chi connectivity index (χ1) is 5.59. The number of nitrogen functional groups attached to an aromatic ring is 1. The van der Waals surface area contributed by atoms with Crippen LogP contribution in [0.4, 0.5) is 15.8 Å². The lowest BCUT2D eigenvalue weighted by Gasteiger charge is -2.04. The van der Waals surface area contributed by atoms with Crippen LogP contribution in [0.1, 0.15) is 6.92 Å². The van der Waals surface area contributed by atoms with Crippen molar-refractivity contribution >= 4 is 17.3 Å². The largest absolute Gasteiger partial charge is 0.397 e. The molecule has 4 heteroatoms. The number of benzene rings is 1. The number of halogens is 1. The molecular weight excluding hydrogens is 159 g/mol. The van der Waals surface area contributed by atoms with Gasteiger partial charge in [0, 0.05) is 6.92 Å². The molecule has 3 nitrogen and oxygen atoms in total. The van der Waals surface area contributed by atoms with Crippen LogP contribution in [0.2, 0.25) is 0 Å². The second kappa shape index (κ2) is 3.21. The van der Waals surface area contributed by atoms with Crippen LogP contribution >= 0.6 is 0 Å². The molecule has 0 aliphatic carbocycles. The quantitative estimate of drug-likeness (QED) is 0.622. The number of carbonyl (C=O) groups excluding carboxylic acids is 1. The molecule has 3 N–H and O–H groups in total. The molecule has 64 valence electrons. The first-order valence-corrected chi connectivity index (χ1v) is 3.42. The number of amides is 1. The Morgan fingerprint density at radius 3 is 2.75 bits per heavy atom. The van der Waals surface area contributed by atoms with Crippen molar-refractivity contribution in [1.29, 1.82) is 0 Å². The minimum Gasteiger partial charge on any atom is -0.397 e. The highest BCUT2D eigenvalue weighted by atomic mass is 19.1. The van der Waals surface area contributed by atoms with E-state index in [1.54, 1.807) is 0 Å². The fraction of sp³-hybridized carbons (Fsp3) is 0.125. The molecule has 1 aromatic carbocycles. The van der Waals surface area contributed by atoms with E-state index in [4.69, 9.17) is 5.73 Å². The van der Waals surface area contributed by atoms with E-state index in [0.29, 0.717) is 5.69 Å². The van der Waals surface area contributed by atoms with Crippen molar-refractivity contribution in [2.45, 2.75) is 6.92 Å². The summed E-state index contributed by atoms with van der Waals surface area (Å²) in [6, 6.07) is 3.82. The third-order valence-corrected chi connectivity index (χ3v) is 1.32. The molecule has 1 rings (SSSR count). The maximum atomic E-state index is 12.5. The molecule has 0 aliphatic rings. The average molecular weight is 168 g/mol. The summed E-state index contributed by atoms with van der Waals surface area (Å²) >= 11 is 0. The summed E-state index contributed by atoms with van der Waals surface area (Å²) in [6.07, 6.45) is 0. The SMILES string of the molecule is CC(=O)Nc1ccc(F)cc1N. The lowest BCUT2D eigenvalue weighted by Crippen LogP contribution is -2.07. The van der Waals surface area contributed by atoms with Gasteiger partial charge in [0.2, 0.25) is 5.91 Å². The third kappa shape index (κ3) is 1.95. The molecule has 0 atom stereocenters. The summed E-state index contributed by atoms with van der Waals surface area (Å²) in [6.45, 7) is 1.36. The van der Waals surface area contributed by atoms with Crippen LogP contribution in [-0.2, 0) is 4.79 Å². The highest BCUT2D eigenvalue weighted by Crippen LogP contribution is 2.18. The third-order valence-electron chi connectivity index (χ3n) is 1.32. The number of hydrogen-bond acceptors (Lipinski definition) is 2. The van der Waals surface area contributed by atoms with Gasteiger partial charge in [0.05, 0.1) is 11.4 Å². The number of hydrogen-bond donors (Lipinski definition) is 2. The molecule has 0 aromatic heterocycles. The van der Waals surface area contributed by atoms with Crippen LogP contribution in [0, 0.1) is 5.82 Å². The number of nitrogens with two attached hydrogens (primary N) is 1. The van der Waals surface area contributed by atoms with Gasteiger partial charge in [0.25, 0.3) is 0 Å².